The average molecular weight is 247 g/mol. The van der Waals surface area contributed by atoms with Crippen LogP contribution in [0.2, 0.25) is 5.15 Å². The Morgan fingerprint density at radius 3 is 2.80 bits per heavy atom. The fraction of sp³-hybridized carbons (Fsp3) is 0.700. The second kappa shape index (κ2) is 4.28. The Hall–Kier alpha value is -0.320. The molecule has 0 spiro atoms. The van der Waals surface area contributed by atoms with E-state index in [9.17, 15) is 0 Å². The highest BCUT2D eigenvalue weighted by Crippen LogP contribution is 2.30. The molecule has 1 fully saturated rings. The van der Waals surface area contributed by atoms with Crippen molar-refractivity contribution in [3.63, 3.8) is 0 Å². The van der Waals surface area contributed by atoms with Crippen LogP contribution in [0.5, 0.6) is 0 Å². The molecule has 5 heteroatoms. The standard InChI is InChI=1S/C10H15ClN2OS/c1-6-4-8(7(2)14-6)13(3)10-12-9(11)5-15-10/h5-8H,4H2,1-3H3. The number of nitrogens with zero attached hydrogens (tertiary/aromatic N) is 2. The van der Waals surface area contributed by atoms with Gasteiger partial charge in [-0.05, 0) is 20.3 Å². The smallest absolute Gasteiger partial charge is 0.186 e. The van der Waals surface area contributed by atoms with E-state index in [4.69, 9.17) is 16.3 Å². The summed E-state index contributed by atoms with van der Waals surface area (Å²) in [5, 5.41) is 3.40. The van der Waals surface area contributed by atoms with Gasteiger partial charge in [-0.25, -0.2) is 4.98 Å². The molecule has 0 bridgehead atoms. The second-order valence-corrected chi connectivity index (χ2v) is 5.24. The summed E-state index contributed by atoms with van der Waals surface area (Å²) >= 11 is 7.39. The highest BCUT2D eigenvalue weighted by molar-refractivity contribution is 7.14. The minimum atomic E-state index is 0.257. The van der Waals surface area contributed by atoms with Crippen molar-refractivity contribution in [2.75, 3.05) is 11.9 Å². The molecule has 3 unspecified atom stereocenters. The van der Waals surface area contributed by atoms with Gasteiger partial charge in [0.25, 0.3) is 0 Å². The summed E-state index contributed by atoms with van der Waals surface area (Å²) in [6.07, 6.45) is 1.64. The maximum atomic E-state index is 5.82. The zero-order valence-corrected chi connectivity index (χ0v) is 10.7. The molecule has 84 valence electrons. The molecule has 15 heavy (non-hydrogen) atoms. The number of hydrogen-bond donors (Lipinski definition) is 0. The van der Waals surface area contributed by atoms with Crippen molar-refractivity contribution >= 4 is 28.1 Å². The van der Waals surface area contributed by atoms with Gasteiger partial charge in [0, 0.05) is 12.4 Å². The van der Waals surface area contributed by atoms with E-state index >= 15 is 0 Å². The Kier molecular flexibility index (Phi) is 3.19. The predicted octanol–water partition coefficient (Wildman–Crippen LogP) is 2.80. The minimum absolute atomic E-state index is 0.257. The summed E-state index contributed by atoms with van der Waals surface area (Å²) in [6, 6.07) is 0.405. The Morgan fingerprint density at radius 2 is 2.33 bits per heavy atom. The van der Waals surface area contributed by atoms with Crippen molar-refractivity contribution < 1.29 is 4.74 Å². The molecule has 0 saturated carbocycles. The molecule has 1 aromatic heterocycles. The third-order valence-corrected chi connectivity index (χ3v) is 4.08. The molecule has 1 saturated heterocycles. The summed E-state index contributed by atoms with van der Waals surface area (Å²) in [5.41, 5.74) is 0. The van der Waals surface area contributed by atoms with Gasteiger partial charge in [-0.3, -0.25) is 0 Å². The number of hydrogen-bond acceptors (Lipinski definition) is 4. The van der Waals surface area contributed by atoms with Crippen LogP contribution in [0.1, 0.15) is 20.3 Å². The average Bonchev–Trinajstić information content (AvgIpc) is 2.71. The predicted molar refractivity (Wildman–Crippen MR) is 63.9 cm³/mol. The molecule has 0 radical (unpaired) electrons. The molecule has 0 aromatic carbocycles. The molecule has 0 amide bonds. The topological polar surface area (TPSA) is 25.4 Å². The van der Waals surface area contributed by atoms with Crippen LogP contribution >= 0.6 is 22.9 Å². The SMILES string of the molecule is CC1CC(N(C)c2nc(Cl)cs2)C(C)O1. The quantitative estimate of drug-likeness (QED) is 0.803. The van der Waals surface area contributed by atoms with Gasteiger partial charge < -0.3 is 9.64 Å². The fourth-order valence-corrected chi connectivity index (χ4v) is 3.04. The zero-order valence-electron chi connectivity index (χ0n) is 9.11. The van der Waals surface area contributed by atoms with Crippen LogP contribution in [0, 0.1) is 0 Å². The first-order valence-electron chi connectivity index (χ1n) is 5.07. The molecule has 1 aliphatic heterocycles. The fourth-order valence-electron chi connectivity index (χ4n) is 2.07. The Balaban J connectivity index is 2.11. The van der Waals surface area contributed by atoms with Gasteiger partial charge in [0.2, 0.25) is 0 Å². The lowest BCUT2D eigenvalue weighted by atomic mass is 10.1. The van der Waals surface area contributed by atoms with Crippen LogP contribution in [0.3, 0.4) is 0 Å². The summed E-state index contributed by atoms with van der Waals surface area (Å²) in [4.78, 5) is 6.44. The van der Waals surface area contributed by atoms with Crippen LogP contribution in [-0.2, 0) is 4.74 Å². The van der Waals surface area contributed by atoms with Crippen molar-refractivity contribution in [3.8, 4) is 0 Å². The van der Waals surface area contributed by atoms with E-state index in [1.54, 1.807) is 11.3 Å². The Labute approximate surface area is 99.0 Å². The third-order valence-electron chi connectivity index (χ3n) is 2.83. The van der Waals surface area contributed by atoms with Gasteiger partial charge in [-0.1, -0.05) is 11.6 Å². The highest BCUT2D eigenvalue weighted by atomic mass is 35.5. The van der Waals surface area contributed by atoms with Crippen LogP contribution in [0.4, 0.5) is 5.13 Å². The molecule has 0 N–H and O–H groups in total. The number of ether oxygens (including phenoxy) is 1. The summed E-state index contributed by atoms with van der Waals surface area (Å²) in [7, 11) is 2.05. The number of thiazole rings is 1. The summed E-state index contributed by atoms with van der Waals surface area (Å²) < 4.78 is 5.73. The number of halogens is 1. The molecule has 2 rings (SSSR count). The molecule has 1 aromatic rings. The molecule has 3 nitrogen and oxygen atoms in total. The Morgan fingerprint density at radius 1 is 1.60 bits per heavy atom. The van der Waals surface area contributed by atoms with Gasteiger partial charge in [0.05, 0.1) is 18.2 Å². The first-order valence-corrected chi connectivity index (χ1v) is 6.33. The maximum absolute atomic E-state index is 5.82. The van der Waals surface area contributed by atoms with Gasteiger partial charge in [0.15, 0.2) is 5.13 Å². The van der Waals surface area contributed by atoms with Crippen molar-refractivity contribution in [2.24, 2.45) is 0 Å². The lowest BCUT2D eigenvalue weighted by molar-refractivity contribution is 0.0633. The van der Waals surface area contributed by atoms with E-state index in [1.807, 2.05) is 5.38 Å². The van der Waals surface area contributed by atoms with Crippen LogP contribution < -0.4 is 4.90 Å². The number of likely N-dealkylation sites (N-methyl/N-ethyl adjacent to an activating group) is 1. The van der Waals surface area contributed by atoms with E-state index in [2.05, 4.69) is 30.8 Å². The number of anilines is 1. The van der Waals surface area contributed by atoms with E-state index in [0.29, 0.717) is 17.3 Å². The first kappa shape index (κ1) is 11.2. The van der Waals surface area contributed by atoms with Crippen LogP contribution in [0.25, 0.3) is 0 Å². The van der Waals surface area contributed by atoms with Gasteiger partial charge in [-0.2, -0.15) is 0 Å². The largest absolute Gasteiger partial charge is 0.373 e. The highest BCUT2D eigenvalue weighted by Gasteiger charge is 2.33. The van der Waals surface area contributed by atoms with Crippen molar-refractivity contribution in [2.45, 2.75) is 38.5 Å². The normalized spacial score (nSPS) is 30.8. The van der Waals surface area contributed by atoms with Crippen LogP contribution in [0.15, 0.2) is 5.38 Å². The van der Waals surface area contributed by atoms with Gasteiger partial charge in [0.1, 0.15) is 5.15 Å². The number of rotatable bonds is 2. The van der Waals surface area contributed by atoms with Gasteiger partial charge in [-0.15, -0.1) is 11.3 Å². The zero-order chi connectivity index (χ0) is 11.0. The van der Waals surface area contributed by atoms with Crippen molar-refractivity contribution in [3.05, 3.63) is 10.5 Å². The third kappa shape index (κ3) is 2.27. The van der Waals surface area contributed by atoms with Crippen LogP contribution in [-0.4, -0.2) is 30.3 Å². The lowest BCUT2D eigenvalue weighted by Gasteiger charge is -2.25. The second-order valence-electron chi connectivity index (χ2n) is 4.02. The van der Waals surface area contributed by atoms with E-state index in [-0.39, 0.29) is 6.10 Å². The summed E-state index contributed by atoms with van der Waals surface area (Å²) in [6.45, 7) is 4.22. The molecular weight excluding hydrogens is 232 g/mol. The van der Waals surface area contributed by atoms with Gasteiger partial charge >= 0.3 is 0 Å². The molecule has 3 atom stereocenters. The number of aromatic nitrogens is 1. The van der Waals surface area contributed by atoms with E-state index in [1.165, 1.54) is 0 Å². The van der Waals surface area contributed by atoms with E-state index in [0.717, 1.165) is 11.6 Å². The van der Waals surface area contributed by atoms with E-state index < -0.39 is 0 Å². The lowest BCUT2D eigenvalue weighted by Crippen LogP contribution is -2.36. The minimum Gasteiger partial charge on any atom is -0.373 e. The van der Waals surface area contributed by atoms with Crippen molar-refractivity contribution in [1.82, 2.24) is 4.98 Å². The van der Waals surface area contributed by atoms with Crippen molar-refractivity contribution in [1.29, 1.82) is 0 Å². The monoisotopic (exact) mass is 246 g/mol. The first-order chi connectivity index (χ1) is 7.08. The summed E-state index contributed by atoms with van der Waals surface area (Å²) in [5.74, 6) is 0. The Bertz CT molecular complexity index is 344. The molecular formula is C10H15ClN2OS. The molecule has 2 heterocycles. The maximum Gasteiger partial charge on any atom is 0.186 e. The molecule has 0 aliphatic carbocycles. The molecule has 1 aliphatic rings.